The average Bonchev–Trinajstić information content (AvgIpc) is 2.33. The van der Waals surface area contributed by atoms with Gasteiger partial charge in [0.05, 0.1) is 6.10 Å². The van der Waals surface area contributed by atoms with Crippen LogP contribution in [-0.2, 0) is 9.53 Å². The van der Waals surface area contributed by atoms with Gasteiger partial charge < -0.3 is 10.1 Å². The Bertz CT molecular complexity index is 376. The van der Waals surface area contributed by atoms with Crippen LogP contribution in [0.1, 0.15) is 23.8 Å². The van der Waals surface area contributed by atoms with Crippen molar-refractivity contribution in [3.8, 4) is 0 Å². The van der Waals surface area contributed by atoms with Gasteiger partial charge in [-0.3, -0.25) is 4.79 Å². The van der Waals surface area contributed by atoms with Gasteiger partial charge in [-0.2, -0.15) is 0 Å². The highest BCUT2D eigenvalue weighted by Crippen LogP contribution is 2.25. The molecule has 0 bridgehead atoms. The van der Waals surface area contributed by atoms with Crippen molar-refractivity contribution < 1.29 is 9.53 Å². The van der Waals surface area contributed by atoms with E-state index in [9.17, 15) is 4.79 Å². The molecule has 1 aliphatic rings. The van der Waals surface area contributed by atoms with Gasteiger partial charge in [-0.05, 0) is 18.4 Å². The maximum absolute atomic E-state index is 11.9. The van der Waals surface area contributed by atoms with Crippen LogP contribution in [0.4, 0.5) is 0 Å². The minimum absolute atomic E-state index is 0.127. The molecule has 0 aromatic heterocycles. The third-order valence-corrected chi connectivity index (χ3v) is 3.55. The lowest BCUT2D eigenvalue weighted by atomic mass is 9.89. The molecule has 1 aromatic rings. The van der Waals surface area contributed by atoms with E-state index in [4.69, 9.17) is 16.3 Å². The van der Waals surface area contributed by atoms with Crippen molar-refractivity contribution in [1.29, 1.82) is 0 Å². The molecule has 3 nitrogen and oxygen atoms in total. The standard InChI is InChI=1S/C13H16ClNO2/c1-17-11-7-10(8-11)15-13(16)12(14)9-5-3-2-4-6-9/h2-6,10-12H,7-8H2,1H3,(H,15,16). The molecule has 1 fully saturated rings. The molecule has 1 aliphatic carbocycles. The molecular formula is C13H16ClNO2. The summed E-state index contributed by atoms with van der Waals surface area (Å²) in [7, 11) is 1.69. The van der Waals surface area contributed by atoms with Crippen LogP contribution >= 0.6 is 11.6 Å². The number of ether oxygens (including phenoxy) is 1. The first-order valence-electron chi connectivity index (χ1n) is 5.73. The molecule has 4 heteroatoms. The number of methoxy groups -OCH3 is 1. The number of halogens is 1. The van der Waals surface area contributed by atoms with Crippen LogP contribution in [0.5, 0.6) is 0 Å². The summed E-state index contributed by atoms with van der Waals surface area (Å²) in [6, 6.07) is 9.58. The quantitative estimate of drug-likeness (QED) is 0.836. The molecule has 1 amide bonds. The monoisotopic (exact) mass is 253 g/mol. The Balaban J connectivity index is 1.85. The molecule has 1 unspecified atom stereocenters. The molecule has 0 aliphatic heterocycles. The average molecular weight is 254 g/mol. The Labute approximate surface area is 106 Å². The number of carbonyl (C=O) groups excluding carboxylic acids is 1. The second-order valence-corrected chi connectivity index (χ2v) is 4.74. The predicted molar refractivity (Wildman–Crippen MR) is 67.0 cm³/mol. The number of carbonyl (C=O) groups is 1. The van der Waals surface area contributed by atoms with Gasteiger partial charge in [-0.1, -0.05) is 30.3 Å². The number of hydrogen-bond donors (Lipinski definition) is 1. The van der Waals surface area contributed by atoms with E-state index in [-0.39, 0.29) is 18.1 Å². The lowest BCUT2D eigenvalue weighted by Crippen LogP contribution is -2.48. The maximum atomic E-state index is 11.9. The molecular weight excluding hydrogens is 238 g/mol. The molecule has 0 radical (unpaired) electrons. The fourth-order valence-electron chi connectivity index (χ4n) is 1.92. The van der Waals surface area contributed by atoms with Crippen LogP contribution in [0.15, 0.2) is 30.3 Å². The topological polar surface area (TPSA) is 38.3 Å². The normalized spacial score (nSPS) is 24.8. The highest BCUT2D eigenvalue weighted by Gasteiger charge is 2.31. The van der Waals surface area contributed by atoms with E-state index >= 15 is 0 Å². The van der Waals surface area contributed by atoms with Gasteiger partial charge in [0.15, 0.2) is 0 Å². The van der Waals surface area contributed by atoms with Gasteiger partial charge in [-0.15, -0.1) is 11.6 Å². The van der Waals surface area contributed by atoms with E-state index in [1.54, 1.807) is 7.11 Å². The second-order valence-electron chi connectivity index (χ2n) is 4.31. The van der Waals surface area contributed by atoms with Crippen LogP contribution in [0.2, 0.25) is 0 Å². The maximum Gasteiger partial charge on any atom is 0.242 e. The summed E-state index contributed by atoms with van der Waals surface area (Å²) in [4.78, 5) is 11.9. The molecule has 0 saturated heterocycles. The van der Waals surface area contributed by atoms with E-state index in [1.807, 2.05) is 30.3 Å². The first kappa shape index (κ1) is 12.4. The number of amides is 1. The van der Waals surface area contributed by atoms with Crippen LogP contribution in [-0.4, -0.2) is 25.2 Å². The Morgan fingerprint density at radius 2 is 2.06 bits per heavy atom. The summed E-state index contributed by atoms with van der Waals surface area (Å²) in [5, 5.41) is 2.31. The predicted octanol–water partition coefficient (Wildman–Crippen LogP) is 2.26. The Hall–Kier alpha value is -1.06. The molecule has 17 heavy (non-hydrogen) atoms. The van der Waals surface area contributed by atoms with Crippen molar-refractivity contribution in [2.24, 2.45) is 0 Å². The third-order valence-electron chi connectivity index (χ3n) is 3.10. The van der Waals surface area contributed by atoms with Crippen molar-refractivity contribution in [2.45, 2.75) is 30.4 Å². The highest BCUT2D eigenvalue weighted by atomic mass is 35.5. The molecule has 2 rings (SSSR count). The molecule has 0 spiro atoms. The third kappa shape index (κ3) is 2.99. The Morgan fingerprint density at radius 3 is 2.65 bits per heavy atom. The van der Waals surface area contributed by atoms with Gasteiger partial charge >= 0.3 is 0 Å². The van der Waals surface area contributed by atoms with Gasteiger partial charge in [-0.25, -0.2) is 0 Å². The first-order chi connectivity index (χ1) is 8.20. The summed E-state index contributed by atoms with van der Waals surface area (Å²) < 4.78 is 5.16. The Kier molecular flexibility index (Phi) is 4.02. The summed E-state index contributed by atoms with van der Waals surface area (Å²) in [6.07, 6.45) is 2.03. The van der Waals surface area contributed by atoms with Crippen LogP contribution in [0.25, 0.3) is 0 Å². The van der Waals surface area contributed by atoms with Crippen molar-refractivity contribution in [1.82, 2.24) is 5.32 Å². The van der Waals surface area contributed by atoms with Crippen molar-refractivity contribution in [3.63, 3.8) is 0 Å². The molecule has 0 heterocycles. The zero-order chi connectivity index (χ0) is 12.3. The van der Waals surface area contributed by atoms with Crippen LogP contribution in [0, 0.1) is 0 Å². The van der Waals surface area contributed by atoms with E-state index < -0.39 is 5.38 Å². The van der Waals surface area contributed by atoms with E-state index in [1.165, 1.54) is 0 Å². The zero-order valence-electron chi connectivity index (χ0n) is 9.73. The SMILES string of the molecule is COC1CC(NC(=O)C(Cl)c2ccccc2)C1. The molecule has 1 saturated carbocycles. The largest absolute Gasteiger partial charge is 0.381 e. The fraction of sp³-hybridized carbons (Fsp3) is 0.462. The van der Waals surface area contributed by atoms with Crippen molar-refractivity contribution in [2.75, 3.05) is 7.11 Å². The summed E-state index contributed by atoms with van der Waals surface area (Å²) >= 11 is 6.11. The van der Waals surface area contributed by atoms with Gasteiger partial charge in [0.25, 0.3) is 0 Å². The number of alkyl halides is 1. The van der Waals surface area contributed by atoms with Crippen molar-refractivity contribution in [3.05, 3.63) is 35.9 Å². The minimum atomic E-state index is -0.613. The minimum Gasteiger partial charge on any atom is -0.381 e. The Morgan fingerprint density at radius 1 is 1.41 bits per heavy atom. The molecule has 92 valence electrons. The van der Waals surface area contributed by atoms with E-state index in [0.717, 1.165) is 18.4 Å². The number of hydrogen-bond acceptors (Lipinski definition) is 2. The smallest absolute Gasteiger partial charge is 0.242 e. The summed E-state index contributed by atoms with van der Waals surface area (Å²) in [6.45, 7) is 0. The summed E-state index contributed by atoms with van der Waals surface area (Å²) in [5.41, 5.74) is 0.828. The molecule has 1 aromatic carbocycles. The van der Waals surface area contributed by atoms with Gasteiger partial charge in [0.1, 0.15) is 5.38 Å². The van der Waals surface area contributed by atoms with Crippen LogP contribution in [0.3, 0.4) is 0 Å². The van der Waals surface area contributed by atoms with Crippen molar-refractivity contribution >= 4 is 17.5 Å². The van der Waals surface area contributed by atoms with Crippen LogP contribution < -0.4 is 5.32 Å². The summed E-state index contributed by atoms with van der Waals surface area (Å²) in [5.74, 6) is -0.127. The van der Waals surface area contributed by atoms with E-state index in [2.05, 4.69) is 5.32 Å². The molecule has 1 N–H and O–H groups in total. The highest BCUT2D eigenvalue weighted by molar-refractivity contribution is 6.30. The van der Waals surface area contributed by atoms with Gasteiger partial charge in [0.2, 0.25) is 5.91 Å². The lowest BCUT2D eigenvalue weighted by Gasteiger charge is -2.35. The lowest BCUT2D eigenvalue weighted by molar-refractivity contribution is -0.123. The second kappa shape index (κ2) is 5.52. The zero-order valence-corrected chi connectivity index (χ0v) is 10.5. The molecule has 1 atom stereocenters. The number of nitrogens with one attached hydrogen (secondary N) is 1. The number of rotatable bonds is 4. The number of benzene rings is 1. The fourth-order valence-corrected chi connectivity index (χ4v) is 2.13. The van der Waals surface area contributed by atoms with E-state index in [0.29, 0.717) is 0 Å². The van der Waals surface area contributed by atoms with Gasteiger partial charge in [0, 0.05) is 13.2 Å². The first-order valence-corrected chi connectivity index (χ1v) is 6.16.